The molecule has 0 aliphatic carbocycles. The van der Waals surface area contributed by atoms with Gasteiger partial charge in [-0.2, -0.15) is 0 Å². The number of carbonyl (C=O) groups is 1. The quantitative estimate of drug-likeness (QED) is 0.347. The summed E-state index contributed by atoms with van der Waals surface area (Å²) < 4.78 is 1.01. The molecule has 0 aliphatic heterocycles. The number of aromatic nitrogens is 1. The van der Waals surface area contributed by atoms with Gasteiger partial charge in [-0.25, -0.2) is 4.98 Å². The van der Waals surface area contributed by atoms with E-state index in [1.807, 2.05) is 62.3 Å². The van der Waals surface area contributed by atoms with Crippen LogP contribution < -0.4 is 4.90 Å². The number of nitrogens with zero attached hydrogens (tertiary/aromatic N) is 3. The number of hydrogen-bond acceptors (Lipinski definition) is 5. The monoisotopic (exact) mass is 483 g/mol. The number of thiazole rings is 1. The van der Waals surface area contributed by atoms with Crippen LogP contribution in [-0.4, -0.2) is 48.7 Å². The fraction of sp³-hybridized carbons (Fsp3) is 0.364. The van der Waals surface area contributed by atoms with E-state index in [1.54, 1.807) is 11.8 Å². The lowest BCUT2D eigenvalue weighted by atomic mass is 10.2. The second-order valence-corrected chi connectivity index (χ2v) is 9.86. The van der Waals surface area contributed by atoms with Crippen molar-refractivity contribution in [3.8, 4) is 0 Å². The van der Waals surface area contributed by atoms with Gasteiger partial charge in [0.25, 0.3) is 5.91 Å². The first-order valence-electron chi connectivity index (χ1n) is 9.65. The Morgan fingerprint density at radius 1 is 1.20 bits per heavy atom. The molecule has 0 radical (unpaired) electrons. The normalized spacial score (nSPS) is 11.0. The van der Waals surface area contributed by atoms with E-state index >= 15 is 0 Å². The van der Waals surface area contributed by atoms with Crippen molar-refractivity contribution in [3.63, 3.8) is 0 Å². The Hall–Kier alpha value is -1.31. The maximum absolute atomic E-state index is 13.6. The molecule has 0 aliphatic rings. The first kappa shape index (κ1) is 25.0. The second kappa shape index (κ2) is 11.3. The number of thioether (sulfide) groups is 1. The Bertz CT molecular complexity index is 1010. The molecule has 162 valence electrons. The molecule has 3 rings (SSSR count). The molecule has 0 spiro atoms. The summed E-state index contributed by atoms with van der Waals surface area (Å²) >= 11 is 9.45. The number of fused-ring (bicyclic) bond motifs is 1. The average molecular weight is 485 g/mol. The molecule has 0 unspecified atom stereocenters. The van der Waals surface area contributed by atoms with E-state index in [-0.39, 0.29) is 18.3 Å². The summed E-state index contributed by atoms with van der Waals surface area (Å²) in [5.74, 6) is 0.923. The molecular weight excluding hydrogens is 457 g/mol. The highest BCUT2D eigenvalue weighted by Crippen LogP contribution is 2.34. The predicted octanol–water partition coefficient (Wildman–Crippen LogP) is 6.39. The Morgan fingerprint density at radius 3 is 2.63 bits per heavy atom. The first-order valence-corrected chi connectivity index (χ1v) is 11.8. The van der Waals surface area contributed by atoms with Crippen molar-refractivity contribution in [2.24, 2.45) is 0 Å². The van der Waals surface area contributed by atoms with Crippen LogP contribution in [-0.2, 0) is 0 Å². The third-order valence-corrected chi connectivity index (χ3v) is 6.72. The van der Waals surface area contributed by atoms with E-state index in [9.17, 15) is 4.79 Å². The smallest absolute Gasteiger partial charge is 0.261 e. The molecule has 30 heavy (non-hydrogen) atoms. The molecule has 1 amide bonds. The van der Waals surface area contributed by atoms with Gasteiger partial charge in [-0.3, -0.25) is 9.69 Å². The standard InChI is InChI=1S/C22H26ClN3OS2.ClH/c1-5-28-18-10-7-6-9-17(18)21(27)26(12-8-11-25(3)4)22-24-20-15(2)13-16(23)14-19(20)29-22;/h6-7,9-10,13-14H,5,8,11-12H2,1-4H3;1H. The number of benzene rings is 2. The summed E-state index contributed by atoms with van der Waals surface area (Å²) in [6, 6.07) is 11.7. The SMILES string of the molecule is CCSc1ccccc1C(=O)N(CCCN(C)C)c1nc2c(C)cc(Cl)cc2s1.Cl. The molecule has 4 nitrogen and oxygen atoms in total. The molecule has 2 aromatic carbocycles. The molecule has 0 N–H and O–H groups in total. The molecule has 0 saturated carbocycles. The molecular formula is C22H27Cl2N3OS2. The molecule has 1 heterocycles. The Kier molecular flexibility index (Phi) is 9.44. The van der Waals surface area contributed by atoms with Gasteiger partial charge >= 0.3 is 0 Å². The second-order valence-electron chi connectivity index (χ2n) is 7.11. The van der Waals surface area contributed by atoms with Crippen LogP contribution in [0.1, 0.15) is 29.3 Å². The van der Waals surface area contributed by atoms with Crippen LogP contribution in [0.15, 0.2) is 41.3 Å². The van der Waals surface area contributed by atoms with Gasteiger partial charge in [-0.05, 0) is 69.6 Å². The third-order valence-electron chi connectivity index (χ3n) is 4.52. The predicted molar refractivity (Wildman–Crippen MR) is 134 cm³/mol. The van der Waals surface area contributed by atoms with Gasteiger partial charge in [0, 0.05) is 16.5 Å². The Labute approximate surface area is 198 Å². The highest BCUT2D eigenvalue weighted by molar-refractivity contribution is 7.99. The molecule has 3 aromatic rings. The molecule has 0 atom stereocenters. The number of anilines is 1. The van der Waals surface area contributed by atoms with Crippen molar-refractivity contribution in [2.75, 3.05) is 37.8 Å². The fourth-order valence-electron chi connectivity index (χ4n) is 3.16. The first-order chi connectivity index (χ1) is 13.9. The Morgan fingerprint density at radius 2 is 1.93 bits per heavy atom. The van der Waals surface area contributed by atoms with E-state index in [4.69, 9.17) is 16.6 Å². The van der Waals surface area contributed by atoms with Crippen molar-refractivity contribution >= 4 is 68.4 Å². The van der Waals surface area contributed by atoms with Crippen LogP contribution in [0.3, 0.4) is 0 Å². The summed E-state index contributed by atoms with van der Waals surface area (Å²) in [6.07, 6.45) is 0.873. The highest BCUT2D eigenvalue weighted by atomic mass is 35.5. The van der Waals surface area contributed by atoms with E-state index in [0.717, 1.165) is 50.1 Å². The summed E-state index contributed by atoms with van der Waals surface area (Å²) in [4.78, 5) is 23.4. The minimum absolute atomic E-state index is 0. The van der Waals surface area contributed by atoms with Crippen molar-refractivity contribution in [2.45, 2.75) is 25.2 Å². The van der Waals surface area contributed by atoms with Crippen LogP contribution in [0.4, 0.5) is 5.13 Å². The summed E-state index contributed by atoms with van der Waals surface area (Å²) in [5.41, 5.74) is 2.67. The lowest BCUT2D eigenvalue weighted by molar-refractivity contribution is 0.0983. The number of rotatable bonds is 8. The highest BCUT2D eigenvalue weighted by Gasteiger charge is 2.23. The lowest BCUT2D eigenvalue weighted by Crippen LogP contribution is -2.33. The summed E-state index contributed by atoms with van der Waals surface area (Å²) in [5, 5.41) is 1.42. The van der Waals surface area contributed by atoms with Gasteiger partial charge < -0.3 is 4.90 Å². The van der Waals surface area contributed by atoms with Crippen LogP contribution in [0.2, 0.25) is 5.02 Å². The molecule has 8 heteroatoms. The molecule has 0 bridgehead atoms. The largest absolute Gasteiger partial charge is 0.309 e. The van der Waals surface area contributed by atoms with Crippen molar-refractivity contribution in [1.29, 1.82) is 0 Å². The van der Waals surface area contributed by atoms with E-state index in [0.29, 0.717) is 11.6 Å². The number of aryl methyl sites for hydroxylation is 1. The van der Waals surface area contributed by atoms with Crippen LogP contribution in [0, 0.1) is 6.92 Å². The zero-order valence-electron chi connectivity index (χ0n) is 17.6. The Balaban J connectivity index is 0.00000320. The average Bonchev–Trinajstić information content (AvgIpc) is 3.09. The van der Waals surface area contributed by atoms with Crippen LogP contribution in [0.25, 0.3) is 10.2 Å². The van der Waals surface area contributed by atoms with Crippen molar-refractivity contribution < 1.29 is 4.79 Å². The maximum Gasteiger partial charge on any atom is 0.261 e. The zero-order chi connectivity index (χ0) is 21.0. The van der Waals surface area contributed by atoms with Gasteiger partial charge in [-0.1, -0.05) is 42.0 Å². The van der Waals surface area contributed by atoms with Gasteiger partial charge in [0.05, 0.1) is 15.8 Å². The van der Waals surface area contributed by atoms with Crippen molar-refractivity contribution in [1.82, 2.24) is 9.88 Å². The fourth-order valence-corrected chi connectivity index (χ4v) is 5.40. The number of halogens is 2. The number of amides is 1. The molecule has 1 aromatic heterocycles. The minimum atomic E-state index is 0. The van der Waals surface area contributed by atoms with Crippen LogP contribution in [0.5, 0.6) is 0 Å². The maximum atomic E-state index is 13.6. The topological polar surface area (TPSA) is 36.4 Å². The molecule has 0 saturated heterocycles. The van der Waals surface area contributed by atoms with E-state index in [2.05, 4.69) is 11.8 Å². The van der Waals surface area contributed by atoms with Gasteiger partial charge in [-0.15, -0.1) is 24.2 Å². The third kappa shape index (κ3) is 5.89. The zero-order valence-corrected chi connectivity index (χ0v) is 20.9. The van der Waals surface area contributed by atoms with Gasteiger partial charge in [0.2, 0.25) is 0 Å². The number of hydrogen-bond donors (Lipinski definition) is 0. The van der Waals surface area contributed by atoms with E-state index < -0.39 is 0 Å². The van der Waals surface area contributed by atoms with Gasteiger partial charge in [0.1, 0.15) is 0 Å². The minimum Gasteiger partial charge on any atom is -0.309 e. The van der Waals surface area contributed by atoms with Crippen LogP contribution >= 0.6 is 47.1 Å². The van der Waals surface area contributed by atoms with Crippen molar-refractivity contribution in [3.05, 3.63) is 52.5 Å². The number of carbonyl (C=O) groups excluding carboxylic acids is 1. The summed E-state index contributed by atoms with van der Waals surface area (Å²) in [7, 11) is 4.09. The molecule has 0 fully saturated rings. The lowest BCUT2D eigenvalue weighted by Gasteiger charge is -2.22. The summed E-state index contributed by atoms with van der Waals surface area (Å²) in [6.45, 7) is 5.63. The van der Waals surface area contributed by atoms with Gasteiger partial charge in [0.15, 0.2) is 5.13 Å². The van der Waals surface area contributed by atoms with E-state index in [1.165, 1.54) is 11.3 Å².